The molecule has 0 radical (unpaired) electrons. The van der Waals surface area contributed by atoms with Gasteiger partial charge in [-0.25, -0.2) is 4.79 Å². The Balaban J connectivity index is 1.97. The number of carboxylic acids is 2. The van der Waals surface area contributed by atoms with E-state index < -0.39 is 35.4 Å². The fourth-order valence-corrected chi connectivity index (χ4v) is 3.50. The van der Waals surface area contributed by atoms with Gasteiger partial charge in [0.15, 0.2) is 0 Å². The molecule has 2 rings (SSSR count). The van der Waals surface area contributed by atoms with E-state index in [4.69, 9.17) is 0 Å². The van der Waals surface area contributed by atoms with E-state index in [2.05, 4.69) is 5.32 Å². The highest BCUT2D eigenvalue weighted by atomic mass is 16.4. The maximum atomic E-state index is 12.5. The van der Waals surface area contributed by atoms with Crippen molar-refractivity contribution in [2.24, 2.45) is 11.3 Å². The Kier molecular flexibility index (Phi) is 6.16. The zero-order valence-corrected chi connectivity index (χ0v) is 14.6. The highest BCUT2D eigenvalue weighted by Gasteiger charge is 2.44. The van der Waals surface area contributed by atoms with Crippen LogP contribution in [0.2, 0.25) is 0 Å². The minimum absolute atomic E-state index is 0.140. The highest BCUT2D eigenvalue weighted by molar-refractivity contribution is 5.87. The van der Waals surface area contributed by atoms with Gasteiger partial charge in [0.1, 0.15) is 11.5 Å². The van der Waals surface area contributed by atoms with Crippen molar-refractivity contribution in [2.45, 2.75) is 38.3 Å². The summed E-state index contributed by atoms with van der Waals surface area (Å²) >= 11 is 0. The maximum absolute atomic E-state index is 12.5. The normalized spacial score (nSPS) is 28.5. The monoisotopic (exact) mass is 361 g/mol. The van der Waals surface area contributed by atoms with Gasteiger partial charge in [0.05, 0.1) is 18.0 Å². The first-order chi connectivity index (χ1) is 12.3. The van der Waals surface area contributed by atoms with E-state index in [0.717, 1.165) is 0 Å². The second-order valence-electron chi connectivity index (χ2n) is 6.65. The summed E-state index contributed by atoms with van der Waals surface area (Å²) in [6.45, 7) is 2.25. The number of hydrogen-bond acceptors (Lipinski definition) is 5. The van der Waals surface area contributed by atoms with E-state index in [-0.39, 0.29) is 18.9 Å². The van der Waals surface area contributed by atoms with Crippen LogP contribution in [0.5, 0.6) is 0 Å². The van der Waals surface area contributed by atoms with Gasteiger partial charge >= 0.3 is 11.9 Å². The van der Waals surface area contributed by atoms with Gasteiger partial charge in [-0.1, -0.05) is 24.3 Å². The summed E-state index contributed by atoms with van der Waals surface area (Å²) in [7, 11) is 0. The van der Waals surface area contributed by atoms with Crippen LogP contribution < -0.4 is 5.32 Å². The van der Waals surface area contributed by atoms with Crippen LogP contribution in [0, 0.1) is 22.7 Å². The predicted molar refractivity (Wildman–Crippen MR) is 91.9 cm³/mol. The molecule has 8 heteroatoms. The van der Waals surface area contributed by atoms with Gasteiger partial charge in [0, 0.05) is 6.54 Å². The molecular weight excluding hydrogens is 338 g/mol. The smallest absolute Gasteiger partial charge is 0.326 e. The molecule has 0 aromatic heterocycles. The van der Waals surface area contributed by atoms with E-state index in [9.17, 15) is 29.9 Å². The molecule has 2 aliphatic rings. The van der Waals surface area contributed by atoms with E-state index in [0.29, 0.717) is 19.4 Å². The first kappa shape index (κ1) is 19.7. The maximum Gasteiger partial charge on any atom is 0.326 e. The van der Waals surface area contributed by atoms with Gasteiger partial charge in [0.2, 0.25) is 5.91 Å². The molecule has 1 fully saturated rings. The molecule has 0 aromatic carbocycles. The van der Waals surface area contributed by atoms with Crippen molar-refractivity contribution in [3.8, 4) is 6.07 Å². The molecule has 3 N–H and O–H groups in total. The number of carboxylic acid groups (broad SMARTS) is 2. The third-order valence-electron chi connectivity index (χ3n) is 5.08. The molecule has 4 atom stereocenters. The quantitative estimate of drug-likeness (QED) is 0.610. The molecule has 2 unspecified atom stereocenters. The van der Waals surface area contributed by atoms with Crippen LogP contribution in [0.4, 0.5) is 0 Å². The average Bonchev–Trinajstić information content (AvgIpc) is 3.11. The largest absolute Gasteiger partial charge is 0.481 e. The van der Waals surface area contributed by atoms with Crippen LogP contribution >= 0.6 is 0 Å². The summed E-state index contributed by atoms with van der Waals surface area (Å²) in [5, 5.41) is 31.1. The summed E-state index contributed by atoms with van der Waals surface area (Å²) in [5.41, 5.74) is -1.34. The van der Waals surface area contributed by atoms with Crippen LogP contribution in [-0.4, -0.2) is 58.1 Å². The molecule has 1 amide bonds. The van der Waals surface area contributed by atoms with Crippen molar-refractivity contribution in [1.82, 2.24) is 10.2 Å². The molecule has 1 saturated heterocycles. The molecule has 8 nitrogen and oxygen atoms in total. The lowest BCUT2D eigenvalue weighted by atomic mass is 9.71. The standard InChI is InChI=1S/C18H23N3O5/c1-12(15(22)21-10-4-6-14(21)16(23)24)20-9-8-18(17(25)26)7-3-2-5-13(18)11-19/h2-3,5,7,12-14,20H,4,6,8-10H2,1H3,(H,23,24)(H,25,26)/t12-,13?,14-,18?/m0/s1. The molecule has 0 saturated carbocycles. The second kappa shape index (κ2) is 8.15. The van der Waals surface area contributed by atoms with E-state index in [1.54, 1.807) is 25.2 Å². The number of likely N-dealkylation sites (tertiary alicyclic amines) is 1. The zero-order chi connectivity index (χ0) is 19.3. The Bertz CT molecular complexity index is 681. The lowest BCUT2D eigenvalue weighted by molar-refractivity contribution is -0.149. The van der Waals surface area contributed by atoms with Crippen molar-refractivity contribution < 1.29 is 24.6 Å². The number of aliphatic carboxylic acids is 2. The van der Waals surface area contributed by atoms with Gasteiger partial charge < -0.3 is 20.4 Å². The first-order valence-corrected chi connectivity index (χ1v) is 8.59. The lowest BCUT2D eigenvalue weighted by Crippen LogP contribution is -2.50. The second-order valence-corrected chi connectivity index (χ2v) is 6.65. The van der Waals surface area contributed by atoms with E-state index in [1.807, 2.05) is 6.07 Å². The molecular formula is C18H23N3O5. The number of carbonyl (C=O) groups excluding carboxylic acids is 1. The molecule has 0 bridgehead atoms. The van der Waals surface area contributed by atoms with Crippen LogP contribution in [0.1, 0.15) is 26.2 Å². The fraction of sp³-hybridized carbons (Fsp3) is 0.556. The number of carbonyl (C=O) groups is 3. The third-order valence-corrected chi connectivity index (χ3v) is 5.08. The van der Waals surface area contributed by atoms with Crippen molar-refractivity contribution in [1.29, 1.82) is 5.26 Å². The van der Waals surface area contributed by atoms with Gasteiger partial charge in [-0.2, -0.15) is 5.26 Å². The Labute approximate surface area is 151 Å². The van der Waals surface area contributed by atoms with Crippen molar-refractivity contribution in [3.05, 3.63) is 24.3 Å². The molecule has 26 heavy (non-hydrogen) atoms. The number of nitrogens with one attached hydrogen (secondary N) is 1. The van der Waals surface area contributed by atoms with Gasteiger partial charge in [-0.05, 0) is 32.7 Å². The van der Waals surface area contributed by atoms with Crippen molar-refractivity contribution in [3.63, 3.8) is 0 Å². The number of allylic oxidation sites excluding steroid dienone is 3. The zero-order valence-electron chi connectivity index (χ0n) is 14.6. The SMILES string of the molecule is C[C@H](NCCC1(C(=O)O)C=CC=CC1C#N)C(=O)N1CCC[C@H]1C(=O)O. The highest BCUT2D eigenvalue weighted by Crippen LogP contribution is 2.37. The molecule has 140 valence electrons. The number of nitrogens with zero attached hydrogens (tertiary/aromatic N) is 2. The van der Waals surface area contributed by atoms with Gasteiger partial charge in [-0.15, -0.1) is 0 Å². The van der Waals surface area contributed by atoms with E-state index >= 15 is 0 Å². The Morgan fingerprint density at radius 3 is 2.73 bits per heavy atom. The fourth-order valence-electron chi connectivity index (χ4n) is 3.50. The number of nitriles is 1. The average molecular weight is 361 g/mol. The Hall–Kier alpha value is -2.66. The summed E-state index contributed by atoms with van der Waals surface area (Å²) in [6.07, 6.45) is 7.56. The molecule has 0 spiro atoms. The lowest BCUT2D eigenvalue weighted by Gasteiger charge is -2.31. The summed E-state index contributed by atoms with van der Waals surface area (Å²) in [6, 6.07) is 0.579. The summed E-state index contributed by atoms with van der Waals surface area (Å²) in [4.78, 5) is 36.8. The predicted octanol–water partition coefficient (Wildman–Crippen LogP) is 0.767. The number of rotatable bonds is 7. The Morgan fingerprint density at radius 2 is 2.12 bits per heavy atom. The summed E-state index contributed by atoms with van der Waals surface area (Å²) in [5.74, 6) is -3.19. The topological polar surface area (TPSA) is 131 Å². The Morgan fingerprint density at radius 1 is 1.38 bits per heavy atom. The van der Waals surface area contributed by atoms with Crippen LogP contribution in [0.25, 0.3) is 0 Å². The van der Waals surface area contributed by atoms with Crippen LogP contribution in [-0.2, 0) is 14.4 Å². The molecule has 0 aromatic rings. The third kappa shape index (κ3) is 3.78. The minimum Gasteiger partial charge on any atom is -0.481 e. The molecule has 1 heterocycles. The van der Waals surface area contributed by atoms with Crippen molar-refractivity contribution in [2.75, 3.05) is 13.1 Å². The first-order valence-electron chi connectivity index (χ1n) is 8.59. The van der Waals surface area contributed by atoms with Crippen LogP contribution in [0.3, 0.4) is 0 Å². The molecule has 1 aliphatic heterocycles. The van der Waals surface area contributed by atoms with Gasteiger partial charge in [0.25, 0.3) is 0 Å². The number of hydrogen-bond donors (Lipinski definition) is 3. The van der Waals surface area contributed by atoms with Gasteiger partial charge in [-0.3, -0.25) is 9.59 Å². The van der Waals surface area contributed by atoms with E-state index in [1.165, 1.54) is 11.0 Å². The minimum atomic E-state index is -1.34. The van der Waals surface area contributed by atoms with Crippen LogP contribution in [0.15, 0.2) is 24.3 Å². The van der Waals surface area contributed by atoms with Crippen molar-refractivity contribution >= 4 is 17.8 Å². The molecule has 1 aliphatic carbocycles. The number of amides is 1. The summed E-state index contributed by atoms with van der Waals surface area (Å²) < 4.78 is 0.